The number of ether oxygens (including phenoxy) is 1. The molecular formula is C31H33ClF2N6O3. The van der Waals surface area contributed by atoms with Gasteiger partial charge in [-0.2, -0.15) is 0 Å². The van der Waals surface area contributed by atoms with E-state index in [2.05, 4.69) is 25.6 Å². The van der Waals surface area contributed by atoms with Crippen LogP contribution in [0.1, 0.15) is 95.9 Å². The van der Waals surface area contributed by atoms with Crippen molar-refractivity contribution in [1.82, 2.24) is 30.2 Å². The second kappa shape index (κ2) is 11.3. The van der Waals surface area contributed by atoms with E-state index in [1.165, 1.54) is 17.7 Å². The molecule has 0 radical (unpaired) electrons. The molecule has 1 amide bonds. The molecule has 2 unspecified atom stereocenters. The molecule has 4 atom stereocenters. The molecule has 43 heavy (non-hydrogen) atoms. The lowest BCUT2D eigenvalue weighted by molar-refractivity contribution is -0.120. The van der Waals surface area contributed by atoms with Crippen LogP contribution >= 0.6 is 11.6 Å². The van der Waals surface area contributed by atoms with E-state index < -0.39 is 47.6 Å². The largest absolute Gasteiger partial charge is 0.482 e. The van der Waals surface area contributed by atoms with Crippen molar-refractivity contribution >= 4 is 17.5 Å². The maximum absolute atomic E-state index is 16.8. The maximum atomic E-state index is 16.8. The Kier molecular flexibility index (Phi) is 7.05. The van der Waals surface area contributed by atoms with Gasteiger partial charge in [-0.05, 0) is 81.8 Å². The minimum Gasteiger partial charge on any atom is -0.482 e. The highest BCUT2D eigenvalue weighted by molar-refractivity contribution is 6.31. The molecule has 3 aliphatic rings. The summed E-state index contributed by atoms with van der Waals surface area (Å²) in [7, 11) is 0. The predicted molar refractivity (Wildman–Crippen MR) is 156 cm³/mol. The van der Waals surface area contributed by atoms with Crippen molar-refractivity contribution in [3.63, 3.8) is 0 Å². The number of rotatable bonds is 5. The average Bonchev–Trinajstić information content (AvgIpc) is 3.21. The molecule has 5 heterocycles. The summed E-state index contributed by atoms with van der Waals surface area (Å²) in [5, 5.41) is 5.68. The highest BCUT2D eigenvalue weighted by Crippen LogP contribution is 2.42. The SMILES string of the molecule is [2H]C1([2H])CC(Oc2cc3n(c(=O)c2Cl)C2C(=CN[C@@H](c4ccnc(C(C)(C)NC(C)=O)n4)[C@H]2F)CCCC3)c2ncc(F)cc21. The fourth-order valence-electron chi connectivity index (χ4n) is 6.12. The lowest BCUT2D eigenvalue weighted by Crippen LogP contribution is -2.45. The number of hydrogen-bond donors (Lipinski definition) is 2. The lowest BCUT2D eigenvalue weighted by atomic mass is 9.87. The summed E-state index contributed by atoms with van der Waals surface area (Å²) in [5.74, 6) is -0.558. The van der Waals surface area contributed by atoms with Crippen LogP contribution in [-0.2, 0) is 23.1 Å². The number of carbonyl (C=O) groups is 1. The number of alkyl halides is 1. The monoisotopic (exact) mass is 612 g/mol. The van der Waals surface area contributed by atoms with Crippen LogP contribution in [0.2, 0.25) is 5.02 Å². The standard InChI is InChI=1S/C31H33ClF2N6O3/c1-16(41)39-31(2,3)30-35-11-10-21(38-30)27-25(34)28-18(14-36-27)6-4-5-7-20-13-23(24(32)29(42)40(20)28)43-22-9-8-17-12-19(33)15-37-26(17)22/h10-15,22,25,27-28,36H,4-9H2,1-3H3,(H,39,41)/t22?,25-,27+,28?/m1/s1/i8D2. The Morgan fingerprint density at radius 1 is 1.28 bits per heavy atom. The first-order valence-electron chi connectivity index (χ1n) is 15.2. The van der Waals surface area contributed by atoms with Gasteiger partial charge in [0.2, 0.25) is 5.91 Å². The van der Waals surface area contributed by atoms with Crippen molar-refractivity contribution in [1.29, 1.82) is 0 Å². The molecule has 0 aromatic carbocycles. The van der Waals surface area contributed by atoms with Crippen molar-refractivity contribution in [3.8, 4) is 5.75 Å². The first kappa shape index (κ1) is 26.7. The molecule has 3 aromatic heterocycles. The van der Waals surface area contributed by atoms with E-state index in [9.17, 15) is 14.0 Å². The second-order valence-corrected chi connectivity index (χ2v) is 12.0. The number of hydrogen-bond acceptors (Lipinski definition) is 7. The normalized spacial score (nSPS) is 24.9. The number of allylic oxidation sites excluding steroid dienone is 1. The van der Waals surface area contributed by atoms with Crippen molar-refractivity contribution in [3.05, 3.63) is 92.0 Å². The molecule has 12 heteroatoms. The zero-order valence-corrected chi connectivity index (χ0v) is 24.7. The van der Waals surface area contributed by atoms with Gasteiger partial charge in [-0.1, -0.05) is 11.6 Å². The lowest BCUT2D eigenvalue weighted by Gasteiger charge is -2.38. The number of nitrogens with one attached hydrogen (secondary N) is 2. The molecule has 226 valence electrons. The third-order valence-corrected chi connectivity index (χ3v) is 8.43. The smallest absolute Gasteiger partial charge is 0.274 e. The molecule has 3 aromatic rings. The van der Waals surface area contributed by atoms with Crippen molar-refractivity contribution in [2.45, 2.75) is 89.1 Å². The van der Waals surface area contributed by atoms with Gasteiger partial charge in [-0.25, -0.2) is 18.7 Å². The van der Waals surface area contributed by atoms with Crippen molar-refractivity contribution < 1.29 is 21.1 Å². The van der Waals surface area contributed by atoms with E-state index in [4.69, 9.17) is 19.1 Å². The first-order chi connectivity index (χ1) is 21.3. The van der Waals surface area contributed by atoms with E-state index in [0.717, 1.165) is 25.1 Å². The fraction of sp³-hybridized carbons (Fsp3) is 0.452. The summed E-state index contributed by atoms with van der Waals surface area (Å²) in [5.41, 5.74) is 0.405. The van der Waals surface area contributed by atoms with Gasteiger partial charge in [-0.3, -0.25) is 14.6 Å². The van der Waals surface area contributed by atoms with E-state index in [0.29, 0.717) is 35.6 Å². The Labute approximate surface area is 255 Å². The molecule has 0 saturated carbocycles. The van der Waals surface area contributed by atoms with Crippen LogP contribution in [0.15, 0.2) is 47.2 Å². The van der Waals surface area contributed by atoms with Crippen molar-refractivity contribution in [2.75, 3.05) is 0 Å². The van der Waals surface area contributed by atoms with Gasteiger partial charge in [0.15, 0.2) is 12.0 Å². The summed E-state index contributed by atoms with van der Waals surface area (Å²) in [4.78, 5) is 38.7. The molecule has 0 fully saturated rings. The van der Waals surface area contributed by atoms with Crippen LogP contribution in [-0.4, -0.2) is 31.6 Å². The number of carbonyl (C=O) groups excluding carboxylic acids is 1. The minimum atomic E-state index is -1.89. The van der Waals surface area contributed by atoms with Gasteiger partial charge in [0.25, 0.3) is 5.56 Å². The summed E-state index contributed by atoms with van der Waals surface area (Å²) < 4.78 is 54.9. The average molecular weight is 613 g/mol. The zero-order valence-electron chi connectivity index (χ0n) is 26.0. The third kappa shape index (κ3) is 5.50. The quantitative estimate of drug-likeness (QED) is 0.413. The van der Waals surface area contributed by atoms with Crippen LogP contribution in [0.4, 0.5) is 8.78 Å². The number of pyridine rings is 2. The molecule has 0 spiro atoms. The summed E-state index contributed by atoms with van der Waals surface area (Å²) in [6.07, 6.45) is 2.25. The Balaban J connectivity index is 1.36. The number of nitrogens with zero attached hydrogens (tertiary/aromatic N) is 4. The zero-order chi connectivity index (χ0) is 32.3. The molecule has 0 saturated heterocycles. The van der Waals surface area contributed by atoms with Gasteiger partial charge in [-0.15, -0.1) is 0 Å². The third-order valence-electron chi connectivity index (χ3n) is 8.09. The molecule has 6 rings (SSSR count). The fourth-order valence-corrected chi connectivity index (χ4v) is 6.31. The van der Waals surface area contributed by atoms with Gasteiger partial charge < -0.3 is 19.9 Å². The molecular weight excluding hydrogens is 578 g/mol. The Bertz CT molecular complexity index is 1770. The van der Waals surface area contributed by atoms with Crippen LogP contribution < -0.4 is 20.9 Å². The molecule has 2 aliphatic heterocycles. The van der Waals surface area contributed by atoms with Gasteiger partial charge >= 0.3 is 0 Å². The van der Waals surface area contributed by atoms with E-state index in [1.807, 2.05) is 0 Å². The highest BCUT2D eigenvalue weighted by atomic mass is 35.5. The predicted octanol–water partition coefficient (Wildman–Crippen LogP) is 5.10. The van der Waals surface area contributed by atoms with Gasteiger partial charge in [0.1, 0.15) is 28.7 Å². The van der Waals surface area contributed by atoms with Gasteiger partial charge in [0.05, 0.1) is 29.2 Å². The summed E-state index contributed by atoms with van der Waals surface area (Å²) in [6, 6.07) is 2.42. The number of halogens is 3. The van der Waals surface area contributed by atoms with Crippen LogP contribution in [0.25, 0.3) is 0 Å². The molecule has 9 nitrogen and oxygen atoms in total. The van der Waals surface area contributed by atoms with E-state index in [1.54, 1.807) is 32.2 Å². The first-order valence-corrected chi connectivity index (χ1v) is 14.6. The van der Waals surface area contributed by atoms with Crippen LogP contribution in [0, 0.1) is 5.82 Å². The van der Waals surface area contributed by atoms with E-state index >= 15 is 4.39 Å². The van der Waals surface area contributed by atoms with Crippen LogP contribution in [0.5, 0.6) is 5.75 Å². The highest BCUT2D eigenvalue weighted by Gasteiger charge is 2.41. The number of aryl methyl sites for hydroxylation is 2. The second-order valence-electron chi connectivity index (χ2n) is 11.6. The Morgan fingerprint density at radius 2 is 2.07 bits per heavy atom. The molecule has 0 bridgehead atoms. The molecule has 1 aliphatic carbocycles. The van der Waals surface area contributed by atoms with Gasteiger partial charge in [0, 0.05) is 27.6 Å². The number of aromatic nitrogens is 4. The summed E-state index contributed by atoms with van der Waals surface area (Å²) >= 11 is 6.63. The van der Waals surface area contributed by atoms with E-state index in [-0.39, 0.29) is 34.4 Å². The number of amides is 1. The van der Waals surface area contributed by atoms with Crippen LogP contribution in [0.3, 0.4) is 0 Å². The topological polar surface area (TPSA) is 111 Å². The molecule has 2 N–H and O–H groups in total. The Hall–Kier alpha value is -3.86. The maximum Gasteiger partial charge on any atom is 0.274 e. The summed E-state index contributed by atoms with van der Waals surface area (Å²) in [6.45, 7) is 4.91. The Morgan fingerprint density at radius 3 is 2.86 bits per heavy atom. The van der Waals surface area contributed by atoms with Crippen molar-refractivity contribution in [2.24, 2.45) is 0 Å². The minimum absolute atomic E-state index is 0.0420. The number of fused-ring (bicyclic) bond motifs is 4.